The zero-order valence-corrected chi connectivity index (χ0v) is 20.8. The van der Waals surface area contributed by atoms with Crippen LogP contribution in [0.5, 0.6) is 0 Å². The molecule has 0 saturated carbocycles. The fourth-order valence-corrected chi connectivity index (χ4v) is 4.22. The maximum atomic E-state index is 13.7. The number of nitrogens with one attached hydrogen (secondary N) is 4. The second-order valence-corrected chi connectivity index (χ2v) is 8.89. The Balaban J connectivity index is 1.36. The summed E-state index contributed by atoms with van der Waals surface area (Å²) in [4.78, 5) is 24.6. The zero-order chi connectivity index (χ0) is 27.4. The van der Waals surface area contributed by atoms with Crippen LogP contribution in [-0.4, -0.2) is 46.2 Å². The summed E-state index contributed by atoms with van der Waals surface area (Å²) in [5, 5.41) is 15.4. The molecule has 202 valence electrons. The number of nitrogens with zero attached hydrogens (tertiary/aromatic N) is 4. The van der Waals surface area contributed by atoms with Gasteiger partial charge in [0.1, 0.15) is 11.4 Å². The van der Waals surface area contributed by atoms with Crippen LogP contribution in [0.1, 0.15) is 40.6 Å². The van der Waals surface area contributed by atoms with E-state index in [4.69, 9.17) is 4.52 Å². The minimum absolute atomic E-state index is 0.0663. The molecule has 4 aromatic rings. The number of hydrogen-bond acceptors (Lipinski definition) is 9. The van der Waals surface area contributed by atoms with Gasteiger partial charge in [-0.1, -0.05) is 17.3 Å². The van der Waals surface area contributed by atoms with Gasteiger partial charge in [-0.15, -0.1) is 0 Å². The lowest BCUT2D eigenvalue weighted by atomic mass is 9.98. The van der Waals surface area contributed by atoms with Crippen LogP contribution in [0.4, 0.5) is 36.3 Å². The van der Waals surface area contributed by atoms with Crippen LogP contribution in [0.3, 0.4) is 0 Å². The van der Waals surface area contributed by atoms with Crippen LogP contribution < -0.4 is 21.3 Å². The van der Waals surface area contributed by atoms with Crippen molar-refractivity contribution >= 4 is 29.0 Å². The molecule has 0 atom stereocenters. The van der Waals surface area contributed by atoms with Crippen LogP contribution in [0, 0.1) is 0 Å². The number of hydrogen-bond donors (Lipinski definition) is 4. The highest BCUT2D eigenvalue weighted by molar-refractivity contribution is 6.00. The number of carbonyl (C=O) groups is 1. The Kier molecular flexibility index (Phi) is 7.41. The predicted octanol–water partition coefficient (Wildman–Crippen LogP) is 4.86. The molecule has 0 unspecified atom stereocenters. The Labute approximate surface area is 221 Å². The first-order chi connectivity index (χ1) is 18.8. The molecular weight excluding hydrogens is 513 g/mol. The maximum absolute atomic E-state index is 13.7. The van der Waals surface area contributed by atoms with Crippen molar-refractivity contribution in [1.29, 1.82) is 0 Å². The minimum atomic E-state index is -4.72. The normalized spacial score (nSPS) is 14.2. The maximum Gasteiger partial charge on any atom is 0.421 e. The smallest absolute Gasteiger partial charge is 0.355 e. The molecule has 2 aromatic heterocycles. The summed E-state index contributed by atoms with van der Waals surface area (Å²) in [5.41, 5.74) is 0.530. The van der Waals surface area contributed by atoms with Gasteiger partial charge in [0.25, 0.3) is 5.91 Å². The Morgan fingerprint density at radius 1 is 1.03 bits per heavy atom. The summed E-state index contributed by atoms with van der Waals surface area (Å²) in [6.45, 7) is 1.82. The third kappa shape index (κ3) is 5.98. The van der Waals surface area contributed by atoms with Crippen LogP contribution in [0.2, 0.25) is 0 Å². The Morgan fingerprint density at radius 3 is 2.49 bits per heavy atom. The summed E-state index contributed by atoms with van der Waals surface area (Å²) in [6.07, 6.45) is -2.16. The van der Waals surface area contributed by atoms with Gasteiger partial charge in [0.05, 0.1) is 11.3 Å². The highest BCUT2D eigenvalue weighted by Gasteiger charge is 2.35. The molecule has 0 aliphatic carbocycles. The van der Waals surface area contributed by atoms with Crippen LogP contribution >= 0.6 is 0 Å². The highest BCUT2D eigenvalue weighted by atomic mass is 19.4. The Hall–Kier alpha value is -4.52. The van der Waals surface area contributed by atoms with Crippen LogP contribution in [-0.2, 0) is 6.18 Å². The van der Waals surface area contributed by atoms with E-state index in [-0.39, 0.29) is 23.1 Å². The molecule has 39 heavy (non-hydrogen) atoms. The van der Waals surface area contributed by atoms with Crippen molar-refractivity contribution in [1.82, 2.24) is 30.7 Å². The fourth-order valence-electron chi connectivity index (χ4n) is 4.22. The van der Waals surface area contributed by atoms with Crippen molar-refractivity contribution in [3.05, 3.63) is 71.7 Å². The molecule has 1 aliphatic heterocycles. The van der Waals surface area contributed by atoms with Gasteiger partial charge in [0, 0.05) is 30.4 Å². The first kappa shape index (κ1) is 26.1. The summed E-state index contributed by atoms with van der Waals surface area (Å²) in [7, 11) is 1.43. The second kappa shape index (κ2) is 11.1. The molecule has 10 nitrogen and oxygen atoms in total. The number of rotatable bonds is 7. The van der Waals surface area contributed by atoms with E-state index in [9.17, 15) is 18.0 Å². The summed E-state index contributed by atoms with van der Waals surface area (Å²) >= 11 is 0. The molecule has 2 aromatic carbocycles. The standard InChI is InChI=1S/C26H25F3N8O2/c1-30-23(38)18-4-2-3-5-20(18)34-22-19(26(27,28)29)14-32-25(36-22)33-17-8-6-15(7-9-17)21-35-24(39-37-21)16-10-12-31-13-11-16/h2-9,14,16,31H,10-13H2,1H3,(H,30,38)(H2,32,33,34,36). The summed E-state index contributed by atoms with van der Waals surface area (Å²) in [6, 6.07) is 13.2. The molecule has 0 bridgehead atoms. The van der Waals surface area contributed by atoms with Crippen molar-refractivity contribution in [3.8, 4) is 11.4 Å². The monoisotopic (exact) mass is 538 g/mol. The molecule has 5 rings (SSSR count). The van der Waals surface area contributed by atoms with E-state index in [1.807, 2.05) is 0 Å². The van der Waals surface area contributed by atoms with Crippen molar-refractivity contribution < 1.29 is 22.5 Å². The number of halogens is 3. The number of amides is 1. The van der Waals surface area contributed by atoms with Crippen molar-refractivity contribution in [2.45, 2.75) is 24.9 Å². The highest BCUT2D eigenvalue weighted by Crippen LogP contribution is 2.36. The average molecular weight is 539 g/mol. The zero-order valence-electron chi connectivity index (χ0n) is 20.8. The van der Waals surface area contributed by atoms with Crippen molar-refractivity contribution in [2.75, 3.05) is 30.8 Å². The molecule has 1 fully saturated rings. The van der Waals surface area contributed by atoms with E-state index in [2.05, 4.69) is 41.4 Å². The van der Waals surface area contributed by atoms with Gasteiger partial charge in [-0.3, -0.25) is 4.79 Å². The van der Waals surface area contributed by atoms with E-state index in [0.29, 0.717) is 23.6 Å². The number of alkyl halides is 3. The van der Waals surface area contributed by atoms with Gasteiger partial charge >= 0.3 is 6.18 Å². The molecule has 0 spiro atoms. The number of aromatic nitrogens is 4. The van der Waals surface area contributed by atoms with Crippen LogP contribution in [0.25, 0.3) is 11.4 Å². The molecule has 1 saturated heterocycles. The average Bonchev–Trinajstić information content (AvgIpc) is 3.44. The molecule has 0 radical (unpaired) electrons. The van der Waals surface area contributed by atoms with E-state index in [1.165, 1.54) is 19.2 Å². The predicted molar refractivity (Wildman–Crippen MR) is 138 cm³/mol. The van der Waals surface area contributed by atoms with E-state index >= 15 is 0 Å². The van der Waals surface area contributed by atoms with E-state index in [1.54, 1.807) is 36.4 Å². The first-order valence-corrected chi connectivity index (χ1v) is 12.3. The third-order valence-electron chi connectivity index (χ3n) is 6.28. The molecule has 3 heterocycles. The number of carbonyl (C=O) groups excluding carboxylic acids is 1. The third-order valence-corrected chi connectivity index (χ3v) is 6.28. The van der Waals surface area contributed by atoms with Crippen molar-refractivity contribution in [3.63, 3.8) is 0 Å². The lowest BCUT2D eigenvalue weighted by molar-refractivity contribution is -0.137. The molecule has 4 N–H and O–H groups in total. The molecule has 1 amide bonds. The Morgan fingerprint density at radius 2 is 1.77 bits per heavy atom. The topological polar surface area (TPSA) is 130 Å². The number of para-hydroxylation sites is 1. The first-order valence-electron chi connectivity index (χ1n) is 12.3. The van der Waals surface area contributed by atoms with Gasteiger partial charge in [-0.2, -0.15) is 23.1 Å². The van der Waals surface area contributed by atoms with Gasteiger partial charge < -0.3 is 25.8 Å². The Bertz CT molecular complexity index is 1450. The SMILES string of the molecule is CNC(=O)c1ccccc1Nc1nc(Nc2ccc(-c3noc(C4CCNCC4)n3)cc2)ncc1C(F)(F)F. The lowest BCUT2D eigenvalue weighted by Gasteiger charge is -2.18. The quantitative estimate of drug-likeness (QED) is 0.261. The van der Waals surface area contributed by atoms with Crippen LogP contribution in [0.15, 0.2) is 59.3 Å². The number of anilines is 4. The lowest BCUT2D eigenvalue weighted by Crippen LogP contribution is -2.26. The number of piperidine rings is 1. The summed E-state index contributed by atoms with van der Waals surface area (Å²) < 4.78 is 46.6. The summed E-state index contributed by atoms with van der Waals surface area (Å²) in [5.74, 6) is 0.292. The van der Waals surface area contributed by atoms with Gasteiger partial charge in [0.2, 0.25) is 17.7 Å². The van der Waals surface area contributed by atoms with E-state index in [0.717, 1.165) is 31.5 Å². The second-order valence-electron chi connectivity index (χ2n) is 8.89. The van der Waals surface area contributed by atoms with E-state index < -0.39 is 23.5 Å². The van der Waals surface area contributed by atoms with Gasteiger partial charge in [-0.25, -0.2) is 4.98 Å². The number of benzene rings is 2. The minimum Gasteiger partial charge on any atom is -0.355 e. The fraction of sp³-hybridized carbons (Fsp3) is 0.269. The van der Waals surface area contributed by atoms with Gasteiger partial charge in [-0.05, 0) is 62.3 Å². The molecule has 13 heteroatoms. The van der Waals surface area contributed by atoms with Crippen molar-refractivity contribution in [2.24, 2.45) is 0 Å². The van der Waals surface area contributed by atoms with Gasteiger partial charge in [0.15, 0.2) is 0 Å². The molecular formula is C26H25F3N8O2. The molecule has 1 aliphatic rings. The largest absolute Gasteiger partial charge is 0.421 e.